The van der Waals surface area contributed by atoms with Crippen molar-refractivity contribution < 1.29 is 4.42 Å². The molecule has 2 heteroatoms. The van der Waals surface area contributed by atoms with Crippen LogP contribution < -0.4 is 4.90 Å². The fraction of sp³-hybridized carbons (Fsp3) is 0.0566. The molecule has 0 fully saturated rings. The summed E-state index contributed by atoms with van der Waals surface area (Å²) in [7, 11) is 0. The van der Waals surface area contributed by atoms with Gasteiger partial charge in [-0.3, -0.25) is 0 Å². The van der Waals surface area contributed by atoms with E-state index < -0.39 is 0 Å². The van der Waals surface area contributed by atoms with Gasteiger partial charge in [-0.15, -0.1) is 0 Å². The number of benzene rings is 9. The van der Waals surface area contributed by atoms with Crippen LogP contribution in [0.1, 0.15) is 25.0 Å². The van der Waals surface area contributed by atoms with Crippen LogP contribution in [0.2, 0.25) is 0 Å². The average molecular weight is 704 g/mol. The monoisotopic (exact) mass is 703 g/mol. The Labute approximate surface area is 320 Å². The Bertz CT molecular complexity index is 3130. The average Bonchev–Trinajstić information content (AvgIpc) is 3.71. The Morgan fingerprint density at radius 2 is 1.04 bits per heavy atom. The van der Waals surface area contributed by atoms with Crippen molar-refractivity contribution in [3.05, 3.63) is 199 Å². The molecule has 0 unspecified atom stereocenters. The Kier molecular flexibility index (Phi) is 6.93. The van der Waals surface area contributed by atoms with Gasteiger partial charge < -0.3 is 9.32 Å². The predicted molar refractivity (Wildman–Crippen MR) is 232 cm³/mol. The maximum atomic E-state index is 6.29. The molecule has 55 heavy (non-hydrogen) atoms. The minimum Gasteiger partial charge on any atom is -0.456 e. The van der Waals surface area contributed by atoms with Gasteiger partial charge in [0.1, 0.15) is 11.2 Å². The molecule has 0 amide bonds. The van der Waals surface area contributed by atoms with Crippen molar-refractivity contribution in [2.24, 2.45) is 0 Å². The van der Waals surface area contributed by atoms with E-state index in [1.54, 1.807) is 0 Å². The first-order valence-electron chi connectivity index (χ1n) is 19.1. The number of para-hydroxylation sites is 1. The summed E-state index contributed by atoms with van der Waals surface area (Å²) in [4.78, 5) is 2.40. The summed E-state index contributed by atoms with van der Waals surface area (Å²) < 4.78 is 6.29. The van der Waals surface area contributed by atoms with Gasteiger partial charge in [0.15, 0.2) is 0 Å². The van der Waals surface area contributed by atoms with Crippen molar-refractivity contribution in [1.82, 2.24) is 0 Å². The zero-order chi connectivity index (χ0) is 36.7. The first-order valence-corrected chi connectivity index (χ1v) is 19.1. The summed E-state index contributed by atoms with van der Waals surface area (Å²) in [6, 6.07) is 68.6. The van der Waals surface area contributed by atoms with Crippen LogP contribution in [0.4, 0.5) is 17.1 Å². The van der Waals surface area contributed by atoms with Gasteiger partial charge in [-0.25, -0.2) is 0 Å². The van der Waals surface area contributed by atoms with Gasteiger partial charge >= 0.3 is 0 Å². The molecule has 11 rings (SSSR count). The quantitative estimate of drug-likeness (QED) is 0.177. The van der Waals surface area contributed by atoms with Gasteiger partial charge in [-0.1, -0.05) is 141 Å². The standard InChI is InChI=1S/C53H37NO/c1-53(2)48-23-8-6-19-44(48)46-31-38-30-40(26-25-36(38)32-49(46)53)54(41-27-28-51-47(33-41)45-20-7-9-24-50(45)55-51)39-18-10-17-37(29-39)43-22-12-16-35-15-11-21-42(52(35)43)34-13-4-3-5-14-34/h3-33H,1-2H3. The van der Waals surface area contributed by atoms with E-state index in [-0.39, 0.29) is 5.41 Å². The Morgan fingerprint density at radius 3 is 1.91 bits per heavy atom. The molecule has 1 aliphatic rings. The predicted octanol–water partition coefficient (Wildman–Crippen LogP) is 15.0. The smallest absolute Gasteiger partial charge is 0.135 e. The van der Waals surface area contributed by atoms with Crippen LogP contribution in [0.3, 0.4) is 0 Å². The summed E-state index contributed by atoms with van der Waals surface area (Å²) in [6.45, 7) is 4.70. The van der Waals surface area contributed by atoms with Gasteiger partial charge in [0.2, 0.25) is 0 Å². The number of anilines is 3. The number of fused-ring (bicyclic) bond motifs is 8. The van der Waals surface area contributed by atoms with Crippen molar-refractivity contribution in [3.63, 3.8) is 0 Å². The number of rotatable bonds is 5. The number of furan rings is 1. The van der Waals surface area contributed by atoms with Crippen LogP contribution in [0, 0.1) is 0 Å². The molecular weight excluding hydrogens is 667 g/mol. The van der Waals surface area contributed by atoms with Crippen LogP contribution in [0.15, 0.2) is 192 Å². The van der Waals surface area contributed by atoms with E-state index in [4.69, 9.17) is 4.42 Å². The van der Waals surface area contributed by atoms with Gasteiger partial charge in [-0.2, -0.15) is 0 Å². The van der Waals surface area contributed by atoms with Crippen LogP contribution in [-0.2, 0) is 5.41 Å². The molecule has 0 saturated heterocycles. The summed E-state index contributed by atoms with van der Waals surface area (Å²) in [6.07, 6.45) is 0. The molecule has 0 radical (unpaired) electrons. The highest BCUT2D eigenvalue weighted by atomic mass is 16.3. The topological polar surface area (TPSA) is 16.4 Å². The van der Waals surface area contributed by atoms with Crippen molar-refractivity contribution in [3.8, 4) is 33.4 Å². The Balaban J connectivity index is 1.12. The van der Waals surface area contributed by atoms with E-state index in [2.05, 4.69) is 195 Å². The van der Waals surface area contributed by atoms with Crippen molar-refractivity contribution in [2.75, 3.05) is 4.90 Å². The summed E-state index contributed by atoms with van der Waals surface area (Å²) in [5, 5.41) is 7.18. The van der Waals surface area contributed by atoms with Crippen molar-refractivity contribution in [1.29, 1.82) is 0 Å². The normalized spacial score (nSPS) is 13.1. The van der Waals surface area contributed by atoms with Crippen LogP contribution in [0.25, 0.3) is 76.9 Å². The van der Waals surface area contributed by atoms with Gasteiger partial charge in [0.05, 0.1) is 0 Å². The van der Waals surface area contributed by atoms with Crippen molar-refractivity contribution in [2.45, 2.75) is 19.3 Å². The van der Waals surface area contributed by atoms with Gasteiger partial charge in [-0.05, 0) is 127 Å². The zero-order valence-corrected chi connectivity index (χ0v) is 30.8. The Morgan fingerprint density at radius 1 is 0.382 bits per heavy atom. The summed E-state index contributed by atoms with van der Waals surface area (Å²) in [5.74, 6) is 0. The van der Waals surface area contributed by atoms with E-state index in [9.17, 15) is 0 Å². The van der Waals surface area contributed by atoms with E-state index in [0.29, 0.717) is 0 Å². The molecular formula is C53H37NO. The van der Waals surface area contributed by atoms with Crippen LogP contribution in [-0.4, -0.2) is 0 Å². The van der Waals surface area contributed by atoms with E-state index >= 15 is 0 Å². The first-order chi connectivity index (χ1) is 27.0. The van der Waals surface area contributed by atoms with Crippen LogP contribution in [0.5, 0.6) is 0 Å². The second kappa shape index (κ2) is 12.1. The fourth-order valence-corrected chi connectivity index (χ4v) is 9.12. The molecule has 0 spiro atoms. The van der Waals surface area contributed by atoms with Crippen molar-refractivity contribution >= 4 is 60.5 Å². The highest BCUT2D eigenvalue weighted by Crippen LogP contribution is 2.50. The number of hydrogen-bond donors (Lipinski definition) is 0. The molecule has 0 bridgehead atoms. The molecule has 0 atom stereocenters. The van der Waals surface area contributed by atoms with E-state index in [1.165, 1.54) is 66.1 Å². The lowest BCUT2D eigenvalue weighted by atomic mass is 9.82. The Hall–Kier alpha value is -6.90. The van der Waals surface area contributed by atoms with E-state index in [0.717, 1.165) is 39.0 Å². The number of hydrogen-bond acceptors (Lipinski definition) is 2. The summed E-state index contributed by atoms with van der Waals surface area (Å²) >= 11 is 0. The maximum Gasteiger partial charge on any atom is 0.135 e. The van der Waals surface area contributed by atoms with Gasteiger partial charge in [0.25, 0.3) is 0 Å². The second-order valence-electron chi connectivity index (χ2n) is 15.3. The third-order valence-corrected chi connectivity index (χ3v) is 11.8. The molecule has 0 N–H and O–H groups in total. The zero-order valence-electron chi connectivity index (χ0n) is 30.8. The first kappa shape index (κ1) is 31.6. The fourth-order valence-electron chi connectivity index (χ4n) is 9.12. The molecule has 0 saturated carbocycles. The van der Waals surface area contributed by atoms with E-state index in [1.807, 2.05) is 12.1 Å². The number of nitrogens with zero attached hydrogens (tertiary/aromatic N) is 1. The second-order valence-corrected chi connectivity index (χ2v) is 15.3. The summed E-state index contributed by atoms with van der Waals surface area (Å²) in [5.41, 5.74) is 15.3. The third-order valence-electron chi connectivity index (χ3n) is 11.8. The minimum atomic E-state index is -0.0456. The van der Waals surface area contributed by atoms with Crippen LogP contribution >= 0.6 is 0 Å². The molecule has 2 nitrogen and oxygen atoms in total. The van der Waals surface area contributed by atoms with Gasteiger partial charge in [0, 0.05) is 33.2 Å². The molecule has 9 aromatic carbocycles. The molecule has 1 heterocycles. The largest absolute Gasteiger partial charge is 0.456 e. The lowest BCUT2D eigenvalue weighted by Gasteiger charge is -2.27. The third kappa shape index (κ3) is 4.95. The lowest BCUT2D eigenvalue weighted by molar-refractivity contribution is 0.661. The molecule has 0 aliphatic heterocycles. The highest BCUT2D eigenvalue weighted by Gasteiger charge is 2.35. The minimum absolute atomic E-state index is 0.0456. The molecule has 260 valence electrons. The SMILES string of the molecule is CC1(C)c2ccccc2-c2cc3cc(N(c4cccc(-c5cccc6cccc(-c7ccccc7)c56)c4)c4ccc5oc6ccccc6c5c4)ccc3cc21. The molecule has 1 aliphatic carbocycles. The highest BCUT2D eigenvalue weighted by molar-refractivity contribution is 6.08. The molecule has 1 aromatic heterocycles. The molecule has 10 aromatic rings. The lowest BCUT2D eigenvalue weighted by Crippen LogP contribution is -2.14. The maximum absolute atomic E-state index is 6.29.